The number of amides is 2. The van der Waals surface area contributed by atoms with Crippen LogP contribution in [0.3, 0.4) is 0 Å². The highest BCUT2D eigenvalue weighted by Crippen LogP contribution is 2.23. The zero-order chi connectivity index (χ0) is 18.6. The smallest absolute Gasteiger partial charge is 0.225 e. The number of carbonyl (C=O) groups excluding carboxylic acids is 2. The van der Waals surface area contributed by atoms with E-state index in [-0.39, 0.29) is 11.8 Å². The van der Waals surface area contributed by atoms with Crippen molar-refractivity contribution in [3.8, 4) is 11.3 Å². The Kier molecular flexibility index (Phi) is 5.20. The Bertz CT molecular complexity index is 947. The van der Waals surface area contributed by atoms with Gasteiger partial charge < -0.3 is 10.2 Å². The fourth-order valence-corrected chi connectivity index (χ4v) is 4.24. The molecule has 27 heavy (non-hydrogen) atoms. The van der Waals surface area contributed by atoms with Gasteiger partial charge in [0, 0.05) is 48.9 Å². The van der Waals surface area contributed by atoms with Gasteiger partial charge in [0.15, 0.2) is 4.96 Å². The van der Waals surface area contributed by atoms with Crippen LogP contribution in [0.15, 0.2) is 41.9 Å². The van der Waals surface area contributed by atoms with Gasteiger partial charge in [-0.15, -0.1) is 11.3 Å². The van der Waals surface area contributed by atoms with Crippen molar-refractivity contribution >= 4 is 28.1 Å². The van der Waals surface area contributed by atoms with Crippen LogP contribution in [0.25, 0.3) is 16.2 Å². The van der Waals surface area contributed by atoms with Crippen molar-refractivity contribution < 1.29 is 9.59 Å². The number of imidazole rings is 1. The summed E-state index contributed by atoms with van der Waals surface area (Å²) >= 11 is 1.54. The molecule has 6 nitrogen and oxygen atoms in total. The first-order valence-electron chi connectivity index (χ1n) is 9.26. The van der Waals surface area contributed by atoms with E-state index in [2.05, 4.69) is 10.3 Å². The van der Waals surface area contributed by atoms with Gasteiger partial charge in [-0.2, -0.15) is 0 Å². The predicted octanol–water partition coefficient (Wildman–Crippen LogP) is 2.73. The number of hydrogen-bond donors (Lipinski definition) is 1. The maximum absolute atomic E-state index is 12.3. The lowest BCUT2D eigenvalue weighted by molar-refractivity contribution is -0.127. The van der Waals surface area contributed by atoms with Gasteiger partial charge in [0.25, 0.3) is 0 Å². The zero-order valence-electron chi connectivity index (χ0n) is 15.1. The van der Waals surface area contributed by atoms with Gasteiger partial charge in [-0.25, -0.2) is 4.98 Å². The third-order valence-electron chi connectivity index (χ3n) is 4.79. The Labute approximate surface area is 161 Å². The molecular formula is C20H22N4O2S. The Balaban J connectivity index is 1.32. The topological polar surface area (TPSA) is 66.7 Å². The maximum Gasteiger partial charge on any atom is 0.225 e. The molecule has 2 amide bonds. The van der Waals surface area contributed by atoms with Gasteiger partial charge in [-0.05, 0) is 12.8 Å². The highest BCUT2D eigenvalue weighted by atomic mass is 32.1. The first-order valence-corrected chi connectivity index (χ1v) is 10.1. The summed E-state index contributed by atoms with van der Waals surface area (Å²) < 4.78 is 2.00. The van der Waals surface area contributed by atoms with Gasteiger partial charge in [-0.1, -0.05) is 30.3 Å². The Morgan fingerprint density at radius 2 is 2.11 bits per heavy atom. The van der Waals surface area contributed by atoms with E-state index in [1.54, 1.807) is 11.3 Å². The Morgan fingerprint density at radius 1 is 1.26 bits per heavy atom. The Hall–Kier alpha value is -2.67. The fourth-order valence-electron chi connectivity index (χ4n) is 3.37. The molecule has 1 aliphatic heterocycles. The second-order valence-electron chi connectivity index (χ2n) is 6.74. The minimum atomic E-state index is -0.00240. The number of hydrogen-bond acceptors (Lipinski definition) is 4. The monoisotopic (exact) mass is 382 g/mol. The fraction of sp³-hybridized carbons (Fsp3) is 0.350. The van der Waals surface area contributed by atoms with Crippen molar-refractivity contribution in [3.05, 3.63) is 47.6 Å². The summed E-state index contributed by atoms with van der Waals surface area (Å²) in [5.41, 5.74) is 2.93. The van der Waals surface area contributed by atoms with Gasteiger partial charge in [-0.3, -0.25) is 14.0 Å². The number of nitrogens with one attached hydrogen (secondary N) is 1. The second kappa shape index (κ2) is 7.92. The predicted molar refractivity (Wildman–Crippen MR) is 106 cm³/mol. The molecule has 0 atom stereocenters. The SMILES string of the molecule is O=C(Cc1csc2nc(-c3ccccc3)cn12)NCCCN1CCCC1=O. The minimum Gasteiger partial charge on any atom is -0.356 e. The quantitative estimate of drug-likeness (QED) is 0.639. The van der Waals surface area contributed by atoms with Gasteiger partial charge >= 0.3 is 0 Å². The molecule has 1 fully saturated rings. The van der Waals surface area contributed by atoms with Crippen LogP contribution in [-0.2, 0) is 16.0 Å². The number of benzene rings is 1. The van der Waals surface area contributed by atoms with Crippen LogP contribution in [0.4, 0.5) is 0 Å². The number of fused-ring (bicyclic) bond motifs is 1. The van der Waals surface area contributed by atoms with Crippen LogP contribution < -0.4 is 5.32 Å². The van der Waals surface area contributed by atoms with Crippen LogP contribution in [0.1, 0.15) is 25.0 Å². The first kappa shape index (κ1) is 17.7. The van der Waals surface area contributed by atoms with Crippen LogP contribution in [0, 0.1) is 0 Å². The van der Waals surface area contributed by atoms with E-state index in [1.807, 2.05) is 51.2 Å². The Morgan fingerprint density at radius 3 is 2.89 bits per heavy atom. The average molecular weight is 382 g/mol. The largest absolute Gasteiger partial charge is 0.356 e. The van der Waals surface area contributed by atoms with Gasteiger partial charge in [0.2, 0.25) is 11.8 Å². The highest BCUT2D eigenvalue weighted by Gasteiger charge is 2.19. The molecule has 0 spiro atoms. The summed E-state index contributed by atoms with van der Waals surface area (Å²) in [5, 5.41) is 4.94. The van der Waals surface area contributed by atoms with Crippen LogP contribution >= 0.6 is 11.3 Å². The molecule has 140 valence electrons. The van der Waals surface area contributed by atoms with Gasteiger partial charge in [0.1, 0.15) is 0 Å². The number of rotatable bonds is 7. The minimum absolute atomic E-state index is 0.00240. The molecule has 0 aliphatic carbocycles. The normalized spacial score (nSPS) is 14.2. The molecule has 1 aromatic carbocycles. The lowest BCUT2D eigenvalue weighted by Gasteiger charge is -2.15. The van der Waals surface area contributed by atoms with Crippen molar-refractivity contribution in [2.45, 2.75) is 25.7 Å². The summed E-state index contributed by atoms with van der Waals surface area (Å²) in [6, 6.07) is 10.0. The molecule has 0 radical (unpaired) electrons. The lowest BCUT2D eigenvalue weighted by Crippen LogP contribution is -2.31. The summed E-state index contributed by atoms with van der Waals surface area (Å²) in [6.45, 7) is 2.17. The molecule has 0 bridgehead atoms. The molecule has 1 saturated heterocycles. The van der Waals surface area contributed by atoms with Crippen molar-refractivity contribution in [1.29, 1.82) is 0 Å². The summed E-state index contributed by atoms with van der Waals surface area (Å²) in [5.74, 6) is 0.230. The van der Waals surface area contributed by atoms with Crippen molar-refractivity contribution in [3.63, 3.8) is 0 Å². The van der Waals surface area contributed by atoms with Crippen LogP contribution in [-0.4, -0.2) is 45.7 Å². The highest BCUT2D eigenvalue weighted by molar-refractivity contribution is 7.15. The molecule has 3 aromatic rings. The van der Waals surface area contributed by atoms with E-state index in [1.165, 1.54) is 0 Å². The molecule has 7 heteroatoms. The number of thiazole rings is 1. The van der Waals surface area contributed by atoms with Crippen molar-refractivity contribution in [2.75, 3.05) is 19.6 Å². The van der Waals surface area contributed by atoms with Crippen LogP contribution in [0.5, 0.6) is 0 Å². The third kappa shape index (κ3) is 4.03. The number of carbonyl (C=O) groups is 2. The molecule has 0 saturated carbocycles. The van der Waals surface area contributed by atoms with Crippen molar-refractivity contribution in [2.24, 2.45) is 0 Å². The van der Waals surface area contributed by atoms with Crippen molar-refractivity contribution in [1.82, 2.24) is 19.6 Å². The number of nitrogens with zero attached hydrogens (tertiary/aromatic N) is 3. The van der Waals surface area contributed by atoms with E-state index >= 15 is 0 Å². The van der Waals surface area contributed by atoms with Gasteiger partial charge in [0.05, 0.1) is 12.1 Å². The summed E-state index contributed by atoms with van der Waals surface area (Å²) in [6.07, 6.45) is 4.72. The van der Waals surface area contributed by atoms with Crippen LogP contribution in [0.2, 0.25) is 0 Å². The molecule has 1 N–H and O–H groups in total. The standard InChI is InChI=1S/C20H22N4O2S/c25-18(21-9-5-11-23-10-4-8-19(23)26)12-16-14-27-20-22-17(13-24(16)20)15-6-2-1-3-7-15/h1-3,6-7,13-14H,4-5,8-12H2,(H,21,25). The zero-order valence-corrected chi connectivity index (χ0v) is 15.9. The molecule has 1 aliphatic rings. The van der Waals surface area contributed by atoms with E-state index in [9.17, 15) is 9.59 Å². The van der Waals surface area contributed by atoms with E-state index in [4.69, 9.17) is 0 Å². The van der Waals surface area contributed by atoms with E-state index < -0.39 is 0 Å². The molecule has 2 aromatic heterocycles. The third-order valence-corrected chi connectivity index (χ3v) is 5.68. The lowest BCUT2D eigenvalue weighted by atomic mass is 10.2. The molecule has 0 unspecified atom stereocenters. The average Bonchev–Trinajstić information content (AvgIpc) is 3.37. The van der Waals surface area contributed by atoms with E-state index in [0.29, 0.717) is 19.4 Å². The molecular weight excluding hydrogens is 360 g/mol. The van der Waals surface area contributed by atoms with E-state index in [0.717, 1.165) is 47.8 Å². The number of aromatic nitrogens is 2. The first-order chi connectivity index (χ1) is 13.2. The maximum atomic E-state index is 12.3. The molecule has 4 rings (SSSR count). The summed E-state index contributed by atoms with van der Waals surface area (Å²) in [7, 11) is 0. The second-order valence-corrected chi connectivity index (χ2v) is 7.57. The molecule has 3 heterocycles. The summed E-state index contributed by atoms with van der Waals surface area (Å²) in [4.78, 5) is 31.3. The number of likely N-dealkylation sites (tertiary alicyclic amines) is 1.